The predicted molar refractivity (Wildman–Crippen MR) is 64.3 cm³/mol. The number of hydrogen-bond acceptors (Lipinski definition) is 2. The first-order valence-electron chi connectivity index (χ1n) is 4.94. The van der Waals surface area contributed by atoms with Gasteiger partial charge in [-0.15, -0.1) is 6.58 Å². The molecule has 0 bridgehead atoms. The molecular formula is C12H22N2. The van der Waals surface area contributed by atoms with E-state index in [1.807, 2.05) is 20.2 Å². The lowest BCUT2D eigenvalue weighted by atomic mass is 10.0. The Morgan fingerprint density at radius 2 is 2.00 bits per heavy atom. The van der Waals surface area contributed by atoms with Gasteiger partial charge < -0.3 is 10.6 Å². The molecule has 0 radical (unpaired) electrons. The summed E-state index contributed by atoms with van der Waals surface area (Å²) >= 11 is 0. The van der Waals surface area contributed by atoms with Crippen LogP contribution in [0.5, 0.6) is 0 Å². The molecule has 0 amide bonds. The fourth-order valence-electron chi connectivity index (χ4n) is 1.32. The zero-order valence-electron chi connectivity index (χ0n) is 9.61. The van der Waals surface area contributed by atoms with Crippen molar-refractivity contribution in [1.29, 1.82) is 0 Å². The molecule has 0 aromatic heterocycles. The number of hydrogen-bond donors (Lipinski definition) is 2. The summed E-state index contributed by atoms with van der Waals surface area (Å²) in [5, 5.41) is 6.23. The average Bonchev–Trinajstić information content (AvgIpc) is 2.17. The molecule has 2 heteroatoms. The van der Waals surface area contributed by atoms with Crippen molar-refractivity contribution in [1.82, 2.24) is 10.6 Å². The van der Waals surface area contributed by atoms with E-state index in [9.17, 15) is 0 Å². The van der Waals surface area contributed by atoms with E-state index in [2.05, 4.69) is 30.7 Å². The van der Waals surface area contributed by atoms with Crippen LogP contribution >= 0.6 is 0 Å². The van der Waals surface area contributed by atoms with E-state index in [4.69, 9.17) is 0 Å². The minimum Gasteiger partial charge on any atom is -0.392 e. The van der Waals surface area contributed by atoms with Gasteiger partial charge in [-0.25, -0.2) is 0 Å². The minimum absolute atomic E-state index is 0.918. The smallest absolute Gasteiger partial charge is 0.0167 e. The molecule has 0 aliphatic heterocycles. The van der Waals surface area contributed by atoms with Crippen LogP contribution in [0.25, 0.3) is 0 Å². The van der Waals surface area contributed by atoms with Crippen molar-refractivity contribution in [3.05, 3.63) is 36.1 Å². The van der Waals surface area contributed by atoms with Gasteiger partial charge in [0, 0.05) is 25.7 Å². The number of allylic oxidation sites excluding steroid dienone is 2. The highest BCUT2D eigenvalue weighted by Crippen LogP contribution is 2.14. The monoisotopic (exact) mass is 194 g/mol. The van der Waals surface area contributed by atoms with Crippen molar-refractivity contribution < 1.29 is 0 Å². The second-order valence-corrected chi connectivity index (χ2v) is 3.44. The molecule has 2 nitrogen and oxygen atoms in total. The van der Waals surface area contributed by atoms with Crippen LogP contribution in [-0.2, 0) is 0 Å². The molecule has 0 spiro atoms. The van der Waals surface area contributed by atoms with Crippen LogP contribution in [-0.4, -0.2) is 20.6 Å². The van der Waals surface area contributed by atoms with Crippen molar-refractivity contribution in [2.24, 2.45) is 0 Å². The molecule has 0 rings (SSSR count). The topological polar surface area (TPSA) is 24.1 Å². The van der Waals surface area contributed by atoms with Crippen molar-refractivity contribution >= 4 is 0 Å². The van der Waals surface area contributed by atoms with Gasteiger partial charge in [0.05, 0.1) is 0 Å². The zero-order valence-corrected chi connectivity index (χ0v) is 9.61. The maximum absolute atomic E-state index is 3.92. The van der Waals surface area contributed by atoms with Crippen LogP contribution in [0.15, 0.2) is 36.1 Å². The highest BCUT2D eigenvalue weighted by Gasteiger charge is 2.01. The number of nitrogens with one attached hydrogen (secondary N) is 2. The van der Waals surface area contributed by atoms with Crippen molar-refractivity contribution in [3.63, 3.8) is 0 Å². The van der Waals surface area contributed by atoms with Crippen molar-refractivity contribution in [3.8, 4) is 0 Å². The number of likely N-dealkylation sites (N-methyl/N-ethyl adjacent to an activating group) is 1. The summed E-state index contributed by atoms with van der Waals surface area (Å²) in [5.41, 5.74) is 3.83. The highest BCUT2D eigenvalue weighted by atomic mass is 14.8. The van der Waals surface area contributed by atoms with Gasteiger partial charge in [-0.3, -0.25) is 0 Å². The summed E-state index contributed by atoms with van der Waals surface area (Å²) in [6.45, 7) is 10.8. The lowest BCUT2D eigenvalue weighted by molar-refractivity contribution is 0.828. The van der Waals surface area contributed by atoms with Gasteiger partial charge in [0.1, 0.15) is 0 Å². The van der Waals surface area contributed by atoms with Gasteiger partial charge in [-0.05, 0) is 20.4 Å². The molecule has 0 unspecified atom stereocenters. The summed E-state index contributed by atoms with van der Waals surface area (Å²) < 4.78 is 0. The van der Waals surface area contributed by atoms with Crippen LogP contribution < -0.4 is 10.6 Å². The molecular weight excluding hydrogens is 172 g/mol. The summed E-state index contributed by atoms with van der Waals surface area (Å²) in [6.07, 6.45) is 3.81. The van der Waals surface area contributed by atoms with Gasteiger partial charge in [-0.1, -0.05) is 23.8 Å². The molecule has 2 N–H and O–H groups in total. The lowest BCUT2D eigenvalue weighted by Crippen LogP contribution is -2.13. The summed E-state index contributed by atoms with van der Waals surface area (Å²) in [4.78, 5) is 0. The first kappa shape index (κ1) is 13.0. The predicted octanol–water partition coefficient (Wildman–Crippen LogP) is 2.22. The lowest BCUT2D eigenvalue weighted by Gasteiger charge is -2.11. The Kier molecular flexibility index (Phi) is 6.85. The van der Waals surface area contributed by atoms with Crippen LogP contribution in [0, 0.1) is 0 Å². The van der Waals surface area contributed by atoms with Gasteiger partial charge in [0.15, 0.2) is 0 Å². The molecule has 0 aromatic rings. The third-order valence-corrected chi connectivity index (χ3v) is 2.22. The third-order valence-electron chi connectivity index (χ3n) is 2.22. The maximum Gasteiger partial charge on any atom is 0.0167 e. The van der Waals surface area contributed by atoms with Crippen LogP contribution in [0.1, 0.15) is 19.8 Å². The first-order chi connectivity index (χ1) is 6.65. The van der Waals surface area contributed by atoms with Gasteiger partial charge in [0.2, 0.25) is 0 Å². The second kappa shape index (κ2) is 7.39. The van der Waals surface area contributed by atoms with E-state index >= 15 is 0 Å². The molecule has 0 heterocycles. The molecule has 14 heavy (non-hydrogen) atoms. The zero-order chi connectivity index (χ0) is 11.0. The maximum atomic E-state index is 3.92. The Morgan fingerprint density at radius 1 is 1.36 bits per heavy atom. The highest BCUT2D eigenvalue weighted by molar-refractivity contribution is 5.20. The van der Waals surface area contributed by atoms with Gasteiger partial charge >= 0.3 is 0 Å². The van der Waals surface area contributed by atoms with Gasteiger partial charge in [-0.2, -0.15) is 0 Å². The van der Waals surface area contributed by atoms with Crippen LogP contribution in [0.4, 0.5) is 0 Å². The Labute approximate surface area is 87.8 Å². The summed E-state index contributed by atoms with van der Waals surface area (Å²) in [6, 6.07) is 0. The Balaban J connectivity index is 4.44. The fraction of sp³-hybridized carbons (Fsp3) is 0.500. The van der Waals surface area contributed by atoms with Crippen LogP contribution in [0.3, 0.4) is 0 Å². The molecule has 0 saturated carbocycles. The van der Waals surface area contributed by atoms with E-state index < -0.39 is 0 Å². The van der Waals surface area contributed by atoms with E-state index in [-0.39, 0.29) is 0 Å². The average molecular weight is 194 g/mol. The SMILES string of the molecule is C=CC/C(CNC)=C(/C)CC(=C)NC. The largest absolute Gasteiger partial charge is 0.392 e. The fourth-order valence-corrected chi connectivity index (χ4v) is 1.32. The van der Waals surface area contributed by atoms with E-state index in [1.165, 1.54) is 11.1 Å². The molecule has 0 fully saturated rings. The molecule has 0 aliphatic rings. The Morgan fingerprint density at radius 3 is 2.43 bits per heavy atom. The normalized spacial score (nSPS) is 11.9. The van der Waals surface area contributed by atoms with E-state index in [0.29, 0.717) is 0 Å². The molecule has 0 aromatic carbocycles. The first-order valence-corrected chi connectivity index (χ1v) is 4.94. The van der Waals surface area contributed by atoms with Crippen molar-refractivity contribution in [2.45, 2.75) is 19.8 Å². The minimum atomic E-state index is 0.918. The van der Waals surface area contributed by atoms with Gasteiger partial charge in [0.25, 0.3) is 0 Å². The Bertz CT molecular complexity index is 226. The molecule has 0 atom stereocenters. The quantitative estimate of drug-likeness (QED) is 0.607. The van der Waals surface area contributed by atoms with E-state index in [1.54, 1.807) is 0 Å². The summed E-state index contributed by atoms with van der Waals surface area (Å²) in [7, 11) is 3.87. The third kappa shape index (κ3) is 4.87. The molecule has 0 aliphatic carbocycles. The Hall–Kier alpha value is -1.02. The molecule has 80 valence electrons. The molecule has 0 saturated heterocycles. The van der Waals surface area contributed by atoms with Crippen LogP contribution in [0.2, 0.25) is 0 Å². The second-order valence-electron chi connectivity index (χ2n) is 3.44. The van der Waals surface area contributed by atoms with Crippen molar-refractivity contribution in [2.75, 3.05) is 20.6 Å². The number of rotatable bonds is 7. The standard InChI is InChI=1S/C12H22N2/c1-6-7-12(9-13-4)10(2)8-11(3)14-5/h6,13-14H,1,3,7-9H2,2,4-5H3/b12-10+. The summed E-state index contributed by atoms with van der Waals surface area (Å²) in [5.74, 6) is 0. The van der Waals surface area contributed by atoms with E-state index in [0.717, 1.165) is 25.1 Å².